The third-order valence-electron chi connectivity index (χ3n) is 2.15. The highest BCUT2D eigenvalue weighted by molar-refractivity contribution is 9.10. The average Bonchev–Trinajstić information content (AvgIpc) is 2.30. The van der Waals surface area contributed by atoms with Crippen molar-refractivity contribution in [2.45, 2.75) is 33.1 Å². The van der Waals surface area contributed by atoms with Crippen LogP contribution in [0.3, 0.4) is 0 Å². The van der Waals surface area contributed by atoms with Crippen molar-refractivity contribution in [1.29, 1.82) is 0 Å². The Kier molecular flexibility index (Phi) is 6.15. The standard InChI is InChI=1S/C11H19BrN4/c1-3-5-7-14-11-9(12)10(13-6-4-2)15-8-16-11/h8H,3-7H2,1-2H3,(H2,13,14,15,16). The van der Waals surface area contributed by atoms with Gasteiger partial charge in [0.2, 0.25) is 0 Å². The maximum absolute atomic E-state index is 4.21. The van der Waals surface area contributed by atoms with Gasteiger partial charge >= 0.3 is 0 Å². The van der Waals surface area contributed by atoms with Crippen molar-refractivity contribution in [3.63, 3.8) is 0 Å². The van der Waals surface area contributed by atoms with E-state index in [-0.39, 0.29) is 0 Å². The number of nitrogens with one attached hydrogen (secondary N) is 2. The molecule has 0 aliphatic carbocycles. The minimum absolute atomic E-state index is 0.857. The summed E-state index contributed by atoms with van der Waals surface area (Å²) in [6, 6.07) is 0. The van der Waals surface area contributed by atoms with Gasteiger partial charge in [0.05, 0.1) is 0 Å². The molecular weight excluding hydrogens is 268 g/mol. The molecule has 0 bridgehead atoms. The molecule has 90 valence electrons. The van der Waals surface area contributed by atoms with E-state index in [1.165, 1.54) is 6.42 Å². The maximum Gasteiger partial charge on any atom is 0.145 e. The van der Waals surface area contributed by atoms with Gasteiger partial charge in [-0.15, -0.1) is 0 Å². The number of halogens is 1. The van der Waals surface area contributed by atoms with Gasteiger partial charge in [0, 0.05) is 13.1 Å². The molecule has 5 heteroatoms. The second kappa shape index (κ2) is 7.44. The van der Waals surface area contributed by atoms with E-state index in [2.05, 4.69) is 50.4 Å². The van der Waals surface area contributed by atoms with Crippen molar-refractivity contribution in [2.24, 2.45) is 0 Å². The number of anilines is 2. The van der Waals surface area contributed by atoms with E-state index in [9.17, 15) is 0 Å². The summed E-state index contributed by atoms with van der Waals surface area (Å²) in [5.74, 6) is 1.72. The molecule has 0 saturated carbocycles. The molecule has 1 aromatic rings. The molecule has 1 aromatic heterocycles. The zero-order valence-electron chi connectivity index (χ0n) is 9.89. The third-order valence-corrected chi connectivity index (χ3v) is 2.91. The van der Waals surface area contributed by atoms with Gasteiger partial charge in [-0.1, -0.05) is 20.3 Å². The Bertz CT molecular complexity index is 317. The second-order valence-electron chi connectivity index (χ2n) is 3.59. The highest BCUT2D eigenvalue weighted by Crippen LogP contribution is 2.26. The number of hydrogen-bond donors (Lipinski definition) is 2. The first-order chi connectivity index (χ1) is 7.79. The Balaban J connectivity index is 2.62. The summed E-state index contributed by atoms with van der Waals surface area (Å²) in [5.41, 5.74) is 0. The normalized spacial score (nSPS) is 10.2. The molecule has 0 spiro atoms. The first-order valence-corrected chi connectivity index (χ1v) is 6.57. The van der Waals surface area contributed by atoms with Gasteiger partial charge in [0.1, 0.15) is 22.4 Å². The largest absolute Gasteiger partial charge is 0.369 e. The van der Waals surface area contributed by atoms with Crippen molar-refractivity contribution in [1.82, 2.24) is 9.97 Å². The summed E-state index contributed by atoms with van der Waals surface area (Å²) in [6.45, 7) is 6.16. The first-order valence-electron chi connectivity index (χ1n) is 5.77. The molecule has 16 heavy (non-hydrogen) atoms. The maximum atomic E-state index is 4.21. The molecule has 0 saturated heterocycles. The molecule has 4 nitrogen and oxygen atoms in total. The molecule has 1 heterocycles. The van der Waals surface area contributed by atoms with Gasteiger partial charge in [-0.2, -0.15) is 0 Å². The number of aromatic nitrogens is 2. The summed E-state index contributed by atoms with van der Waals surface area (Å²) >= 11 is 3.51. The molecule has 0 amide bonds. The molecule has 2 N–H and O–H groups in total. The molecule has 0 radical (unpaired) electrons. The fourth-order valence-electron chi connectivity index (χ4n) is 1.24. The first kappa shape index (κ1) is 13.2. The fraction of sp³-hybridized carbons (Fsp3) is 0.636. The van der Waals surface area contributed by atoms with Crippen LogP contribution < -0.4 is 10.6 Å². The summed E-state index contributed by atoms with van der Waals surface area (Å²) < 4.78 is 0.916. The monoisotopic (exact) mass is 286 g/mol. The lowest BCUT2D eigenvalue weighted by molar-refractivity contribution is 0.829. The van der Waals surface area contributed by atoms with Crippen LogP contribution in [-0.4, -0.2) is 23.1 Å². The molecule has 0 fully saturated rings. The predicted molar refractivity (Wildman–Crippen MR) is 71.9 cm³/mol. The van der Waals surface area contributed by atoms with Gasteiger partial charge in [-0.25, -0.2) is 9.97 Å². The van der Waals surface area contributed by atoms with E-state index in [1.54, 1.807) is 6.33 Å². The molecule has 1 rings (SSSR count). The highest BCUT2D eigenvalue weighted by Gasteiger charge is 2.06. The van der Waals surface area contributed by atoms with Crippen LogP contribution in [0.1, 0.15) is 33.1 Å². The van der Waals surface area contributed by atoms with Crippen LogP contribution in [0.2, 0.25) is 0 Å². The quantitative estimate of drug-likeness (QED) is 0.756. The Morgan fingerprint density at radius 2 is 1.69 bits per heavy atom. The molecular formula is C11H19BrN4. The van der Waals surface area contributed by atoms with E-state index in [1.807, 2.05) is 0 Å². The lowest BCUT2D eigenvalue weighted by Gasteiger charge is -2.10. The number of unbranched alkanes of at least 4 members (excludes halogenated alkanes) is 1. The molecule has 0 atom stereocenters. The third kappa shape index (κ3) is 3.96. The molecule has 0 unspecified atom stereocenters. The van der Waals surface area contributed by atoms with Gasteiger partial charge in [0.15, 0.2) is 0 Å². The van der Waals surface area contributed by atoms with Gasteiger partial charge in [-0.3, -0.25) is 0 Å². The Hall–Kier alpha value is -0.840. The summed E-state index contributed by atoms with van der Waals surface area (Å²) in [4.78, 5) is 8.41. The summed E-state index contributed by atoms with van der Waals surface area (Å²) in [5, 5.41) is 6.55. The van der Waals surface area contributed by atoms with Crippen molar-refractivity contribution in [3.8, 4) is 0 Å². The highest BCUT2D eigenvalue weighted by atomic mass is 79.9. The van der Waals surface area contributed by atoms with Crippen molar-refractivity contribution >= 4 is 27.6 Å². The van der Waals surface area contributed by atoms with Crippen LogP contribution >= 0.6 is 15.9 Å². The zero-order chi connectivity index (χ0) is 11.8. The Morgan fingerprint density at radius 1 is 1.06 bits per heavy atom. The van der Waals surface area contributed by atoms with Crippen LogP contribution in [0.25, 0.3) is 0 Å². The van der Waals surface area contributed by atoms with Crippen LogP contribution in [0, 0.1) is 0 Å². The lowest BCUT2D eigenvalue weighted by atomic mass is 10.3. The predicted octanol–water partition coefficient (Wildman–Crippen LogP) is 3.27. The lowest BCUT2D eigenvalue weighted by Crippen LogP contribution is -2.08. The summed E-state index contributed by atoms with van der Waals surface area (Å²) in [7, 11) is 0. The second-order valence-corrected chi connectivity index (χ2v) is 4.38. The number of hydrogen-bond acceptors (Lipinski definition) is 4. The average molecular weight is 287 g/mol. The van der Waals surface area contributed by atoms with Gasteiger partial charge in [-0.05, 0) is 28.8 Å². The van der Waals surface area contributed by atoms with Crippen molar-refractivity contribution in [2.75, 3.05) is 23.7 Å². The zero-order valence-corrected chi connectivity index (χ0v) is 11.5. The van der Waals surface area contributed by atoms with Gasteiger partial charge in [0.25, 0.3) is 0 Å². The number of rotatable bonds is 7. The minimum atomic E-state index is 0.857. The van der Waals surface area contributed by atoms with Crippen LogP contribution in [0.15, 0.2) is 10.8 Å². The van der Waals surface area contributed by atoms with Crippen LogP contribution in [0.4, 0.5) is 11.6 Å². The van der Waals surface area contributed by atoms with E-state index in [4.69, 9.17) is 0 Å². The van der Waals surface area contributed by atoms with E-state index < -0.39 is 0 Å². The summed E-state index contributed by atoms with van der Waals surface area (Å²) in [6.07, 6.45) is 4.98. The fourth-order valence-corrected chi connectivity index (χ4v) is 1.73. The minimum Gasteiger partial charge on any atom is -0.369 e. The SMILES string of the molecule is CCCCNc1ncnc(NCCC)c1Br. The van der Waals surface area contributed by atoms with Crippen LogP contribution in [-0.2, 0) is 0 Å². The topological polar surface area (TPSA) is 49.8 Å². The van der Waals surface area contributed by atoms with Gasteiger partial charge < -0.3 is 10.6 Å². The van der Waals surface area contributed by atoms with E-state index in [0.717, 1.165) is 42.0 Å². The smallest absolute Gasteiger partial charge is 0.145 e. The molecule has 0 aliphatic heterocycles. The van der Waals surface area contributed by atoms with Crippen molar-refractivity contribution < 1.29 is 0 Å². The number of nitrogens with zero attached hydrogens (tertiary/aromatic N) is 2. The van der Waals surface area contributed by atoms with E-state index in [0.29, 0.717) is 0 Å². The Labute approximate surface area is 105 Å². The van der Waals surface area contributed by atoms with Crippen LogP contribution in [0.5, 0.6) is 0 Å². The Morgan fingerprint density at radius 3 is 2.25 bits per heavy atom. The molecule has 0 aliphatic rings. The molecule has 0 aromatic carbocycles. The van der Waals surface area contributed by atoms with Crippen molar-refractivity contribution in [3.05, 3.63) is 10.8 Å². The van der Waals surface area contributed by atoms with E-state index >= 15 is 0 Å².